The van der Waals surface area contributed by atoms with E-state index in [9.17, 15) is 28.4 Å². The maximum absolute atomic E-state index is 13.2. The highest BCUT2D eigenvalue weighted by Gasteiger charge is 2.24. The van der Waals surface area contributed by atoms with E-state index in [-0.39, 0.29) is 16.9 Å². The van der Waals surface area contributed by atoms with Crippen LogP contribution < -0.4 is 10.1 Å². The molecule has 0 aliphatic rings. The Bertz CT molecular complexity index is 1420. The molecule has 0 amide bonds. The Kier molecular flexibility index (Phi) is 6.97. The number of hydrogen-bond acceptors (Lipinski definition) is 7. The van der Waals surface area contributed by atoms with E-state index in [1.54, 1.807) is 6.92 Å². The summed E-state index contributed by atoms with van der Waals surface area (Å²) in [6.07, 6.45) is 0. The Morgan fingerprint density at radius 3 is 2.35 bits per heavy atom. The second-order valence-corrected chi connectivity index (χ2v) is 9.15. The third kappa shape index (κ3) is 5.38. The van der Waals surface area contributed by atoms with Crippen molar-refractivity contribution in [2.24, 2.45) is 5.10 Å². The number of para-hydroxylation sites is 1. The molecule has 0 saturated heterocycles. The number of nitrogens with one attached hydrogen (secondary N) is 2. The van der Waals surface area contributed by atoms with Gasteiger partial charge in [-0.15, -0.1) is 0 Å². The number of benzene rings is 3. The molecule has 0 unspecified atom stereocenters. The van der Waals surface area contributed by atoms with Crippen LogP contribution in [-0.2, 0) is 10.0 Å². The van der Waals surface area contributed by atoms with Crippen molar-refractivity contribution < 1.29 is 23.2 Å². The zero-order chi connectivity index (χ0) is 25.0. The van der Waals surface area contributed by atoms with Crippen LogP contribution in [0.3, 0.4) is 0 Å². The topological polar surface area (TPSA) is 151 Å². The average Bonchev–Trinajstić information content (AvgIpc) is 2.79. The first kappa shape index (κ1) is 24.4. The molecule has 0 aromatic heterocycles. The zero-order valence-electron chi connectivity index (χ0n) is 18.6. The van der Waals surface area contributed by atoms with Crippen molar-refractivity contribution in [2.45, 2.75) is 25.7 Å². The lowest BCUT2D eigenvalue weighted by molar-refractivity contribution is -0.385. The van der Waals surface area contributed by atoms with Crippen LogP contribution in [0.1, 0.15) is 34.0 Å². The zero-order valence-corrected chi connectivity index (χ0v) is 19.4. The largest absolute Gasteiger partial charge is 0.478 e. The van der Waals surface area contributed by atoms with E-state index in [0.29, 0.717) is 5.71 Å². The minimum absolute atomic E-state index is 0.0194. The molecule has 3 N–H and O–H groups in total. The molecule has 3 aromatic carbocycles. The third-order valence-corrected chi connectivity index (χ3v) is 6.54. The SMILES string of the molecule is CC(=NNc1ccc([N+](=O)[O-])cc1S(=O)(=O)Nc1ccccc1C(=O)O)c1ccc(C)c(C)c1. The van der Waals surface area contributed by atoms with Crippen molar-refractivity contribution in [3.63, 3.8) is 0 Å². The number of nitrogens with zero attached hydrogens (tertiary/aromatic N) is 2. The molecular formula is C23H22N4O6S. The number of hydrazone groups is 1. The molecule has 176 valence electrons. The van der Waals surface area contributed by atoms with E-state index < -0.39 is 31.5 Å². The van der Waals surface area contributed by atoms with Crippen molar-refractivity contribution >= 4 is 38.8 Å². The van der Waals surface area contributed by atoms with Crippen LogP contribution >= 0.6 is 0 Å². The standard InChI is InChI=1S/C23H22N4O6S/c1-14-8-9-17(12-15(14)2)16(3)24-25-21-11-10-18(27(30)31)13-22(21)34(32,33)26-20-7-5-4-6-19(20)23(28)29/h4-13,25-26H,1-3H3,(H,28,29). The van der Waals surface area contributed by atoms with E-state index in [1.165, 1.54) is 30.3 Å². The predicted octanol–water partition coefficient (Wildman–Crippen LogP) is 4.55. The molecule has 0 aliphatic heterocycles. The monoisotopic (exact) mass is 482 g/mol. The van der Waals surface area contributed by atoms with Crippen LogP contribution in [0.15, 0.2) is 70.7 Å². The maximum atomic E-state index is 13.2. The first-order chi connectivity index (χ1) is 16.0. The highest BCUT2D eigenvalue weighted by Crippen LogP contribution is 2.29. The Morgan fingerprint density at radius 1 is 1.00 bits per heavy atom. The van der Waals surface area contributed by atoms with Crippen LogP contribution in [0.25, 0.3) is 0 Å². The fraction of sp³-hybridized carbons (Fsp3) is 0.130. The molecule has 0 fully saturated rings. The summed E-state index contributed by atoms with van der Waals surface area (Å²) in [6.45, 7) is 5.67. The normalized spacial score (nSPS) is 11.7. The van der Waals surface area contributed by atoms with Crippen molar-refractivity contribution in [3.05, 3.63) is 93.0 Å². The Morgan fingerprint density at radius 2 is 1.71 bits per heavy atom. The smallest absolute Gasteiger partial charge is 0.337 e. The quantitative estimate of drug-likeness (QED) is 0.242. The van der Waals surface area contributed by atoms with E-state index in [4.69, 9.17) is 0 Å². The summed E-state index contributed by atoms with van der Waals surface area (Å²) in [4.78, 5) is 21.5. The molecule has 34 heavy (non-hydrogen) atoms. The number of nitro benzene ring substituents is 1. The summed E-state index contributed by atoms with van der Waals surface area (Å²) in [6, 6.07) is 14.5. The van der Waals surface area contributed by atoms with Gasteiger partial charge in [0.2, 0.25) is 0 Å². The molecule has 0 bridgehead atoms. The van der Waals surface area contributed by atoms with Gasteiger partial charge in [-0.05, 0) is 61.7 Å². The molecule has 0 heterocycles. The maximum Gasteiger partial charge on any atom is 0.337 e. The molecule has 0 aliphatic carbocycles. The van der Waals surface area contributed by atoms with E-state index in [0.717, 1.165) is 28.8 Å². The van der Waals surface area contributed by atoms with Gasteiger partial charge in [-0.2, -0.15) is 5.10 Å². The summed E-state index contributed by atoms with van der Waals surface area (Å²) in [5.41, 5.74) is 5.31. The second kappa shape index (κ2) is 9.71. The lowest BCUT2D eigenvalue weighted by Gasteiger charge is -2.14. The number of aromatic carboxylic acids is 1. The van der Waals surface area contributed by atoms with Crippen LogP contribution in [0.4, 0.5) is 17.1 Å². The van der Waals surface area contributed by atoms with Gasteiger partial charge in [0, 0.05) is 12.1 Å². The molecule has 10 nitrogen and oxygen atoms in total. The highest BCUT2D eigenvalue weighted by molar-refractivity contribution is 7.93. The molecule has 3 aromatic rings. The minimum atomic E-state index is -4.43. The number of anilines is 2. The first-order valence-electron chi connectivity index (χ1n) is 10.0. The van der Waals surface area contributed by atoms with Crippen molar-refractivity contribution in [2.75, 3.05) is 10.1 Å². The third-order valence-electron chi connectivity index (χ3n) is 5.14. The van der Waals surface area contributed by atoms with Crippen LogP contribution in [0, 0.1) is 24.0 Å². The lowest BCUT2D eigenvalue weighted by Crippen LogP contribution is -2.17. The summed E-state index contributed by atoms with van der Waals surface area (Å²) in [5, 5.41) is 24.9. The molecule has 0 atom stereocenters. The number of nitro groups is 1. The number of sulfonamides is 1. The molecular weight excluding hydrogens is 460 g/mol. The van der Waals surface area contributed by atoms with Crippen LogP contribution in [-0.4, -0.2) is 30.1 Å². The summed E-state index contributed by atoms with van der Waals surface area (Å²) < 4.78 is 28.5. The van der Waals surface area contributed by atoms with Gasteiger partial charge in [-0.1, -0.05) is 24.3 Å². The lowest BCUT2D eigenvalue weighted by atomic mass is 10.0. The number of aryl methyl sites for hydroxylation is 2. The van der Waals surface area contributed by atoms with Gasteiger partial charge in [0.15, 0.2) is 0 Å². The molecule has 3 rings (SSSR count). The van der Waals surface area contributed by atoms with Gasteiger partial charge in [0.1, 0.15) is 4.90 Å². The number of carbonyl (C=O) groups is 1. The number of non-ortho nitro benzene ring substituents is 1. The van der Waals surface area contributed by atoms with E-state index >= 15 is 0 Å². The highest BCUT2D eigenvalue weighted by atomic mass is 32.2. The molecule has 0 radical (unpaired) electrons. The molecule has 0 saturated carbocycles. The predicted molar refractivity (Wildman–Crippen MR) is 129 cm³/mol. The van der Waals surface area contributed by atoms with Gasteiger partial charge < -0.3 is 5.11 Å². The summed E-state index contributed by atoms with van der Waals surface area (Å²) in [7, 11) is -4.43. The van der Waals surface area contributed by atoms with Crippen LogP contribution in [0.2, 0.25) is 0 Å². The second-order valence-electron chi connectivity index (χ2n) is 7.50. The number of carboxylic acid groups (broad SMARTS) is 1. The van der Waals surface area contributed by atoms with Gasteiger partial charge in [0.05, 0.1) is 27.6 Å². The first-order valence-corrected chi connectivity index (χ1v) is 11.5. The van der Waals surface area contributed by atoms with Gasteiger partial charge >= 0.3 is 5.97 Å². The summed E-state index contributed by atoms with van der Waals surface area (Å²) >= 11 is 0. The van der Waals surface area contributed by atoms with Gasteiger partial charge in [-0.25, -0.2) is 13.2 Å². The van der Waals surface area contributed by atoms with Crippen molar-refractivity contribution in [1.82, 2.24) is 0 Å². The molecule has 11 heteroatoms. The van der Waals surface area contributed by atoms with Gasteiger partial charge in [0.25, 0.3) is 15.7 Å². The van der Waals surface area contributed by atoms with Gasteiger partial charge in [-0.3, -0.25) is 20.3 Å². The van der Waals surface area contributed by atoms with E-state index in [2.05, 4.69) is 15.2 Å². The van der Waals surface area contributed by atoms with Crippen LogP contribution in [0.5, 0.6) is 0 Å². The Hall–Kier alpha value is -4.25. The fourth-order valence-electron chi connectivity index (χ4n) is 3.07. The summed E-state index contributed by atoms with van der Waals surface area (Å²) in [5.74, 6) is -1.33. The minimum Gasteiger partial charge on any atom is -0.478 e. The van der Waals surface area contributed by atoms with E-state index in [1.807, 2.05) is 32.0 Å². The number of hydrogen-bond donors (Lipinski definition) is 3. The van der Waals surface area contributed by atoms with Crippen molar-refractivity contribution in [1.29, 1.82) is 0 Å². The van der Waals surface area contributed by atoms with Crippen molar-refractivity contribution in [3.8, 4) is 0 Å². The Labute approximate surface area is 196 Å². The number of rotatable bonds is 8. The Balaban J connectivity index is 2.02. The number of carboxylic acids is 1. The molecule has 0 spiro atoms. The average molecular weight is 483 g/mol. The fourth-order valence-corrected chi connectivity index (χ4v) is 4.33.